The molecule has 1 saturated heterocycles. The molecule has 1 unspecified atom stereocenters. The predicted octanol–water partition coefficient (Wildman–Crippen LogP) is 5.64. The van der Waals surface area contributed by atoms with Crippen molar-refractivity contribution in [3.8, 4) is 0 Å². The van der Waals surface area contributed by atoms with Crippen molar-refractivity contribution in [1.29, 1.82) is 0 Å². The van der Waals surface area contributed by atoms with Gasteiger partial charge in [-0.2, -0.15) is 21.6 Å². The quantitative estimate of drug-likeness (QED) is 0.275. The lowest BCUT2D eigenvalue weighted by atomic mass is 10.0. The molecule has 1 aliphatic heterocycles. The minimum absolute atomic E-state index is 1.02. The number of alkyl halides is 3. The minimum Gasteiger partial charge on any atom is -0.303 e. The van der Waals surface area contributed by atoms with Gasteiger partial charge in [0.2, 0.25) is 0 Å². The van der Waals surface area contributed by atoms with Crippen LogP contribution in [0.25, 0.3) is 0 Å². The van der Waals surface area contributed by atoms with Crippen molar-refractivity contribution >= 4 is 10.1 Å². The van der Waals surface area contributed by atoms with Gasteiger partial charge < -0.3 is 4.90 Å². The molecule has 0 radical (unpaired) electrons. The summed E-state index contributed by atoms with van der Waals surface area (Å²) >= 11 is 0. The molecule has 1 aliphatic rings. The number of likely N-dealkylation sites (tertiary alicyclic amines) is 1. The molecular weight excluding hydrogens is 367 g/mol. The van der Waals surface area contributed by atoms with Crippen LogP contribution in [0.4, 0.5) is 13.2 Å². The Morgan fingerprint density at radius 1 is 0.962 bits per heavy atom. The van der Waals surface area contributed by atoms with E-state index in [4.69, 9.17) is 13.0 Å². The van der Waals surface area contributed by atoms with Crippen LogP contribution in [0.15, 0.2) is 0 Å². The molecule has 1 rings (SSSR count). The summed E-state index contributed by atoms with van der Waals surface area (Å²) in [6.07, 6.45) is 15.9. The van der Waals surface area contributed by atoms with Crippen LogP contribution in [0, 0.1) is 5.92 Å². The Morgan fingerprint density at radius 2 is 1.46 bits per heavy atom. The molecule has 0 amide bonds. The molecule has 0 aromatic heterocycles. The molecule has 1 atom stereocenters. The Labute approximate surface area is 157 Å². The van der Waals surface area contributed by atoms with Crippen LogP contribution in [-0.4, -0.2) is 43.0 Å². The van der Waals surface area contributed by atoms with Gasteiger partial charge in [-0.05, 0) is 38.3 Å². The van der Waals surface area contributed by atoms with Crippen molar-refractivity contribution in [2.45, 2.75) is 90.0 Å². The Kier molecular flexibility index (Phi) is 13.6. The second kappa shape index (κ2) is 13.8. The average Bonchev–Trinajstić information content (AvgIpc) is 2.96. The van der Waals surface area contributed by atoms with Crippen molar-refractivity contribution in [3.63, 3.8) is 0 Å². The lowest BCUT2D eigenvalue weighted by molar-refractivity contribution is -0.0510. The number of nitrogens with zero attached hydrogens (tertiary/aromatic N) is 1. The molecule has 1 heterocycles. The Balaban J connectivity index is 0.000000660. The highest BCUT2D eigenvalue weighted by Gasteiger charge is 2.44. The van der Waals surface area contributed by atoms with E-state index in [2.05, 4.69) is 18.7 Å². The smallest absolute Gasteiger partial charge is 0.303 e. The van der Waals surface area contributed by atoms with Crippen molar-refractivity contribution in [3.05, 3.63) is 0 Å². The van der Waals surface area contributed by atoms with Gasteiger partial charge in [0.15, 0.2) is 0 Å². The topological polar surface area (TPSA) is 57.6 Å². The highest BCUT2D eigenvalue weighted by Crippen LogP contribution is 2.21. The molecule has 0 bridgehead atoms. The van der Waals surface area contributed by atoms with Crippen LogP contribution in [0.3, 0.4) is 0 Å². The van der Waals surface area contributed by atoms with Crippen molar-refractivity contribution < 1.29 is 26.1 Å². The number of halogens is 3. The summed E-state index contributed by atoms with van der Waals surface area (Å²) in [7, 11) is -5.84. The number of hydrogen-bond acceptors (Lipinski definition) is 3. The first-order chi connectivity index (χ1) is 12.1. The number of rotatable bonds is 11. The lowest BCUT2D eigenvalue weighted by Crippen LogP contribution is -2.21. The van der Waals surface area contributed by atoms with Gasteiger partial charge in [-0.25, -0.2) is 0 Å². The summed E-state index contributed by atoms with van der Waals surface area (Å²) in [4.78, 5) is 2.71. The van der Waals surface area contributed by atoms with Gasteiger partial charge in [0.05, 0.1) is 0 Å². The van der Waals surface area contributed by atoms with Crippen LogP contribution >= 0.6 is 0 Å². The number of hydrogen-bond donors (Lipinski definition) is 1. The monoisotopic (exact) mass is 403 g/mol. The lowest BCUT2D eigenvalue weighted by Gasteiger charge is -2.15. The molecule has 0 saturated carbocycles. The SMILES string of the molecule is CCCCCCCCCCN1CCC(CCC)C1.O=S(=O)(O)C(F)(F)F. The van der Waals surface area contributed by atoms with Crippen molar-refractivity contribution in [1.82, 2.24) is 4.90 Å². The van der Waals surface area contributed by atoms with Gasteiger partial charge in [-0.3, -0.25) is 4.55 Å². The summed E-state index contributed by atoms with van der Waals surface area (Å²) in [5.41, 5.74) is -5.53. The van der Waals surface area contributed by atoms with Gasteiger partial charge in [-0.1, -0.05) is 65.2 Å². The molecule has 1 N–H and O–H groups in total. The third-order valence-corrected chi connectivity index (χ3v) is 5.27. The van der Waals surface area contributed by atoms with E-state index in [1.165, 1.54) is 90.3 Å². The Hall–Kier alpha value is -0.340. The summed E-state index contributed by atoms with van der Waals surface area (Å²) < 4.78 is 57.5. The van der Waals surface area contributed by atoms with E-state index in [0.717, 1.165) is 5.92 Å². The van der Waals surface area contributed by atoms with Crippen LogP contribution in [0.2, 0.25) is 0 Å². The molecule has 0 aromatic carbocycles. The molecule has 0 aromatic rings. The van der Waals surface area contributed by atoms with E-state index in [1.807, 2.05) is 0 Å². The van der Waals surface area contributed by atoms with Crippen LogP contribution < -0.4 is 0 Å². The maximum Gasteiger partial charge on any atom is 0.522 e. The van der Waals surface area contributed by atoms with E-state index in [9.17, 15) is 13.2 Å². The normalized spacial score (nSPS) is 18.6. The van der Waals surface area contributed by atoms with Crippen LogP contribution in [0.5, 0.6) is 0 Å². The summed E-state index contributed by atoms with van der Waals surface area (Å²) in [5.74, 6) is 1.02. The first-order valence-electron chi connectivity index (χ1n) is 9.87. The van der Waals surface area contributed by atoms with Crippen LogP contribution in [0.1, 0.15) is 84.5 Å². The Morgan fingerprint density at radius 3 is 1.92 bits per heavy atom. The first kappa shape index (κ1) is 25.7. The Bertz CT molecular complexity index is 441. The van der Waals surface area contributed by atoms with E-state index in [1.54, 1.807) is 0 Å². The zero-order valence-electron chi connectivity index (χ0n) is 16.2. The molecule has 158 valence electrons. The standard InChI is InChI=1S/C17H35N.CHF3O3S/c1-3-5-6-7-8-9-10-11-14-18-15-13-17(16-18)12-4-2;2-1(3,4)8(5,6)7/h17H,3-16H2,1-2H3;(H,5,6,7). The zero-order valence-corrected chi connectivity index (χ0v) is 17.0. The first-order valence-corrected chi connectivity index (χ1v) is 11.3. The molecule has 0 aliphatic carbocycles. The highest BCUT2D eigenvalue weighted by atomic mass is 32.2. The van der Waals surface area contributed by atoms with Crippen molar-refractivity contribution in [2.75, 3.05) is 19.6 Å². The fraction of sp³-hybridized carbons (Fsp3) is 1.00. The van der Waals surface area contributed by atoms with Gasteiger partial charge in [0, 0.05) is 6.54 Å². The highest BCUT2D eigenvalue weighted by molar-refractivity contribution is 7.86. The van der Waals surface area contributed by atoms with Crippen molar-refractivity contribution in [2.24, 2.45) is 5.92 Å². The average molecular weight is 404 g/mol. The molecule has 4 nitrogen and oxygen atoms in total. The van der Waals surface area contributed by atoms with E-state index >= 15 is 0 Å². The molecule has 1 fully saturated rings. The maximum absolute atomic E-state index is 10.7. The predicted molar refractivity (Wildman–Crippen MR) is 99.7 cm³/mol. The second-order valence-electron chi connectivity index (χ2n) is 7.14. The molecule has 26 heavy (non-hydrogen) atoms. The van der Waals surface area contributed by atoms with E-state index in [0.29, 0.717) is 0 Å². The maximum atomic E-state index is 10.7. The fourth-order valence-electron chi connectivity index (χ4n) is 3.23. The molecule has 8 heteroatoms. The third-order valence-electron chi connectivity index (χ3n) is 4.69. The largest absolute Gasteiger partial charge is 0.522 e. The van der Waals surface area contributed by atoms with Gasteiger partial charge >= 0.3 is 15.6 Å². The zero-order chi connectivity index (χ0) is 20.1. The third kappa shape index (κ3) is 12.9. The van der Waals surface area contributed by atoms with Gasteiger partial charge in [0.1, 0.15) is 0 Å². The minimum atomic E-state index is -5.84. The summed E-state index contributed by atoms with van der Waals surface area (Å²) in [5, 5.41) is 0. The summed E-state index contributed by atoms with van der Waals surface area (Å²) in [6, 6.07) is 0. The summed E-state index contributed by atoms with van der Waals surface area (Å²) in [6.45, 7) is 8.75. The second-order valence-corrected chi connectivity index (χ2v) is 8.55. The number of unbranched alkanes of at least 4 members (excludes halogenated alkanes) is 7. The van der Waals surface area contributed by atoms with Gasteiger partial charge in [0.25, 0.3) is 0 Å². The van der Waals surface area contributed by atoms with Crippen LogP contribution in [-0.2, 0) is 10.1 Å². The fourth-order valence-corrected chi connectivity index (χ4v) is 3.23. The molecular formula is C18H36F3NO3S. The van der Waals surface area contributed by atoms with E-state index in [-0.39, 0.29) is 0 Å². The molecule has 0 spiro atoms. The van der Waals surface area contributed by atoms with Gasteiger partial charge in [-0.15, -0.1) is 0 Å². The van der Waals surface area contributed by atoms with E-state index < -0.39 is 15.6 Å².